The summed E-state index contributed by atoms with van der Waals surface area (Å²) < 4.78 is 1.32. The molecular weight excluding hydrogens is 256 g/mol. The number of nitrogens with zero attached hydrogens (tertiary/aromatic N) is 1. The molecular formula is C15H16N2O3. The van der Waals surface area contributed by atoms with Gasteiger partial charge in [0.05, 0.1) is 0 Å². The minimum Gasteiger partial charge on any atom is -0.494 e. The van der Waals surface area contributed by atoms with Crippen molar-refractivity contribution in [2.24, 2.45) is 5.92 Å². The fraction of sp³-hybridized carbons (Fsp3) is 0.333. The third-order valence-electron chi connectivity index (χ3n) is 3.92. The zero-order valence-corrected chi connectivity index (χ0v) is 11.2. The first-order valence-electron chi connectivity index (χ1n) is 6.76. The molecule has 1 aromatic carbocycles. The lowest BCUT2D eigenvalue weighted by atomic mass is 10.1. The van der Waals surface area contributed by atoms with Gasteiger partial charge in [0.1, 0.15) is 5.56 Å². The number of hydrogen-bond acceptors (Lipinski definition) is 3. The van der Waals surface area contributed by atoms with Crippen LogP contribution in [0.5, 0.6) is 5.88 Å². The Balaban J connectivity index is 2.20. The maximum Gasteiger partial charge on any atom is 0.331 e. The first-order chi connectivity index (χ1) is 9.63. The van der Waals surface area contributed by atoms with Crippen LogP contribution in [-0.2, 0) is 0 Å². The van der Waals surface area contributed by atoms with Gasteiger partial charge in [0.2, 0.25) is 5.88 Å². The summed E-state index contributed by atoms with van der Waals surface area (Å²) in [6.45, 7) is 2.05. The average molecular weight is 272 g/mol. The van der Waals surface area contributed by atoms with E-state index in [0.717, 1.165) is 12.8 Å². The lowest BCUT2D eigenvalue weighted by molar-refractivity contribution is 0.398. The van der Waals surface area contributed by atoms with Crippen molar-refractivity contribution >= 4 is 0 Å². The van der Waals surface area contributed by atoms with E-state index in [9.17, 15) is 14.7 Å². The van der Waals surface area contributed by atoms with Crippen molar-refractivity contribution in [3.63, 3.8) is 0 Å². The fourth-order valence-corrected chi connectivity index (χ4v) is 2.70. The molecule has 1 heterocycles. The molecule has 0 aliphatic heterocycles. The van der Waals surface area contributed by atoms with Gasteiger partial charge in [0.25, 0.3) is 5.56 Å². The minimum absolute atomic E-state index is 0.00758. The Morgan fingerprint density at radius 1 is 1.30 bits per heavy atom. The van der Waals surface area contributed by atoms with E-state index in [1.807, 2.05) is 6.07 Å². The van der Waals surface area contributed by atoms with Crippen LogP contribution in [0.15, 0.2) is 39.9 Å². The Bertz CT molecular complexity index is 746. The van der Waals surface area contributed by atoms with Crippen LogP contribution in [0.3, 0.4) is 0 Å². The van der Waals surface area contributed by atoms with E-state index in [2.05, 4.69) is 11.9 Å². The quantitative estimate of drug-likeness (QED) is 0.895. The van der Waals surface area contributed by atoms with Gasteiger partial charge in [0, 0.05) is 6.04 Å². The molecule has 1 fully saturated rings. The highest BCUT2D eigenvalue weighted by molar-refractivity contribution is 5.67. The van der Waals surface area contributed by atoms with Crippen LogP contribution in [0.2, 0.25) is 0 Å². The maximum atomic E-state index is 12.0. The Kier molecular flexibility index (Phi) is 2.97. The molecule has 2 unspecified atom stereocenters. The van der Waals surface area contributed by atoms with Crippen molar-refractivity contribution in [1.29, 1.82) is 0 Å². The number of aromatic amines is 1. The smallest absolute Gasteiger partial charge is 0.331 e. The number of aromatic nitrogens is 2. The van der Waals surface area contributed by atoms with Crippen LogP contribution >= 0.6 is 0 Å². The van der Waals surface area contributed by atoms with Crippen LogP contribution in [0.4, 0.5) is 0 Å². The summed E-state index contributed by atoms with van der Waals surface area (Å²) in [5, 5.41) is 10.4. The first-order valence-corrected chi connectivity index (χ1v) is 6.76. The minimum atomic E-state index is -0.552. The van der Waals surface area contributed by atoms with Crippen molar-refractivity contribution in [1.82, 2.24) is 9.55 Å². The number of aromatic hydroxyl groups is 1. The number of nitrogens with one attached hydrogen (secondary N) is 1. The molecule has 0 spiro atoms. The number of H-pyrrole nitrogens is 1. The molecule has 1 aromatic heterocycles. The van der Waals surface area contributed by atoms with E-state index >= 15 is 0 Å². The van der Waals surface area contributed by atoms with E-state index in [1.165, 1.54) is 4.57 Å². The Morgan fingerprint density at radius 2 is 2.00 bits per heavy atom. The summed E-state index contributed by atoms with van der Waals surface area (Å²) in [4.78, 5) is 26.2. The van der Waals surface area contributed by atoms with Crippen molar-refractivity contribution in [2.45, 2.75) is 25.8 Å². The molecule has 1 saturated carbocycles. The zero-order chi connectivity index (χ0) is 14.3. The fourth-order valence-electron chi connectivity index (χ4n) is 2.70. The Morgan fingerprint density at radius 3 is 2.60 bits per heavy atom. The van der Waals surface area contributed by atoms with Crippen LogP contribution in [-0.4, -0.2) is 14.7 Å². The van der Waals surface area contributed by atoms with Gasteiger partial charge in [-0.3, -0.25) is 14.3 Å². The SMILES string of the molecule is CCC1CC1n1c(O)c(-c2ccccc2)c(=O)[nH]c1=O. The monoisotopic (exact) mass is 272 g/mol. The van der Waals surface area contributed by atoms with Gasteiger partial charge in [-0.25, -0.2) is 4.79 Å². The van der Waals surface area contributed by atoms with E-state index < -0.39 is 11.2 Å². The lowest BCUT2D eigenvalue weighted by Crippen LogP contribution is -2.30. The summed E-state index contributed by atoms with van der Waals surface area (Å²) in [6.07, 6.45) is 1.82. The molecule has 1 aliphatic rings. The molecule has 5 nitrogen and oxygen atoms in total. The summed E-state index contributed by atoms with van der Waals surface area (Å²) in [6, 6.07) is 8.88. The van der Waals surface area contributed by atoms with Gasteiger partial charge < -0.3 is 5.11 Å². The second kappa shape index (κ2) is 4.67. The number of benzene rings is 1. The molecule has 0 bridgehead atoms. The molecule has 2 aromatic rings. The average Bonchev–Trinajstić information content (AvgIpc) is 3.18. The van der Waals surface area contributed by atoms with Crippen LogP contribution in [0, 0.1) is 5.92 Å². The van der Waals surface area contributed by atoms with Crippen molar-refractivity contribution in [3.05, 3.63) is 51.2 Å². The molecule has 1 aliphatic carbocycles. The topological polar surface area (TPSA) is 75.1 Å². The van der Waals surface area contributed by atoms with Gasteiger partial charge in [-0.05, 0) is 17.9 Å². The van der Waals surface area contributed by atoms with Crippen LogP contribution < -0.4 is 11.2 Å². The van der Waals surface area contributed by atoms with E-state index in [1.54, 1.807) is 24.3 Å². The van der Waals surface area contributed by atoms with Gasteiger partial charge >= 0.3 is 5.69 Å². The van der Waals surface area contributed by atoms with Crippen molar-refractivity contribution < 1.29 is 5.11 Å². The highest BCUT2D eigenvalue weighted by Crippen LogP contribution is 2.46. The molecule has 2 atom stereocenters. The molecule has 0 amide bonds. The van der Waals surface area contributed by atoms with Gasteiger partial charge in [0.15, 0.2) is 0 Å². The van der Waals surface area contributed by atoms with Gasteiger partial charge in [-0.1, -0.05) is 43.7 Å². The second-order valence-corrected chi connectivity index (χ2v) is 5.17. The molecule has 104 valence electrons. The molecule has 20 heavy (non-hydrogen) atoms. The summed E-state index contributed by atoms with van der Waals surface area (Å²) in [7, 11) is 0. The number of hydrogen-bond donors (Lipinski definition) is 2. The van der Waals surface area contributed by atoms with Crippen LogP contribution in [0.25, 0.3) is 11.1 Å². The molecule has 3 rings (SSSR count). The Labute approximate surface area is 115 Å². The van der Waals surface area contributed by atoms with E-state index in [-0.39, 0.29) is 17.5 Å². The van der Waals surface area contributed by atoms with E-state index in [4.69, 9.17) is 0 Å². The third kappa shape index (κ3) is 1.95. The second-order valence-electron chi connectivity index (χ2n) is 5.17. The molecule has 0 radical (unpaired) electrons. The summed E-state index contributed by atoms with van der Waals surface area (Å²) in [5.74, 6) is 0.166. The normalized spacial score (nSPS) is 20.9. The largest absolute Gasteiger partial charge is 0.494 e. The van der Waals surface area contributed by atoms with Crippen LogP contribution in [0.1, 0.15) is 25.8 Å². The standard InChI is InChI=1S/C15H16N2O3/c1-2-9-8-11(9)17-14(19)12(13(18)16-15(17)20)10-6-4-3-5-7-10/h3-7,9,11,19H,2,8H2,1H3,(H,16,18,20). The molecule has 0 saturated heterocycles. The summed E-state index contributed by atoms with van der Waals surface area (Å²) >= 11 is 0. The Hall–Kier alpha value is -2.30. The first kappa shape index (κ1) is 12.7. The maximum absolute atomic E-state index is 12.0. The van der Waals surface area contributed by atoms with Gasteiger partial charge in [-0.2, -0.15) is 0 Å². The molecule has 2 N–H and O–H groups in total. The van der Waals surface area contributed by atoms with Crippen molar-refractivity contribution in [3.8, 4) is 17.0 Å². The zero-order valence-electron chi connectivity index (χ0n) is 11.2. The predicted octanol–water partition coefficient (Wildman–Crippen LogP) is 1.88. The summed E-state index contributed by atoms with van der Waals surface area (Å²) in [5.41, 5.74) is -0.322. The van der Waals surface area contributed by atoms with E-state index in [0.29, 0.717) is 11.5 Å². The van der Waals surface area contributed by atoms with Gasteiger partial charge in [-0.15, -0.1) is 0 Å². The van der Waals surface area contributed by atoms with Crippen molar-refractivity contribution in [2.75, 3.05) is 0 Å². The third-order valence-corrected chi connectivity index (χ3v) is 3.92. The lowest BCUT2D eigenvalue weighted by Gasteiger charge is -2.11. The highest BCUT2D eigenvalue weighted by atomic mass is 16.3. The number of rotatable bonds is 3. The predicted molar refractivity (Wildman–Crippen MR) is 75.9 cm³/mol. The highest BCUT2D eigenvalue weighted by Gasteiger charge is 2.40. The molecule has 5 heteroatoms.